The highest BCUT2D eigenvalue weighted by Gasteiger charge is 2.16. The third kappa shape index (κ3) is 2.98. The van der Waals surface area contributed by atoms with E-state index in [9.17, 15) is 0 Å². The predicted octanol–water partition coefficient (Wildman–Crippen LogP) is 4.14. The molecule has 0 aliphatic heterocycles. The molecule has 0 bridgehead atoms. The number of nitrogens with zero attached hydrogens (tertiary/aromatic N) is 3. The van der Waals surface area contributed by atoms with Crippen molar-refractivity contribution in [1.29, 1.82) is 0 Å². The van der Waals surface area contributed by atoms with E-state index in [1.54, 1.807) is 22.7 Å². The summed E-state index contributed by atoms with van der Waals surface area (Å²) in [5.74, 6) is 1.54. The summed E-state index contributed by atoms with van der Waals surface area (Å²) < 4.78 is 0. The second-order valence-electron chi connectivity index (χ2n) is 4.54. The first-order valence-corrected chi connectivity index (χ1v) is 8.72. The molecular weight excluding hydrogens is 302 g/mol. The molecule has 0 spiro atoms. The normalized spacial score (nSPS) is 12.5. The molecule has 0 saturated carbocycles. The molecule has 7 heteroatoms. The molecule has 0 aromatic carbocycles. The van der Waals surface area contributed by atoms with E-state index in [4.69, 9.17) is 0 Å². The summed E-state index contributed by atoms with van der Waals surface area (Å²) in [6, 6.07) is 2.24. The van der Waals surface area contributed by atoms with Crippen LogP contribution in [0.15, 0.2) is 23.0 Å². The van der Waals surface area contributed by atoms with Crippen molar-refractivity contribution >= 4 is 44.7 Å². The van der Waals surface area contributed by atoms with Crippen molar-refractivity contribution in [2.45, 2.75) is 26.3 Å². The zero-order valence-corrected chi connectivity index (χ0v) is 13.6. The van der Waals surface area contributed by atoms with Crippen LogP contribution in [0.5, 0.6) is 0 Å². The van der Waals surface area contributed by atoms with E-state index in [0.29, 0.717) is 5.95 Å². The van der Waals surface area contributed by atoms with Crippen LogP contribution >= 0.6 is 22.7 Å². The number of hydrogen-bond donors (Lipinski definition) is 2. The second-order valence-corrected chi connectivity index (χ2v) is 6.36. The largest absolute Gasteiger partial charge is 0.360 e. The van der Waals surface area contributed by atoms with Gasteiger partial charge in [0.25, 0.3) is 0 Å². The van der Waals surface area contributed by atoms with Gasteiger partial charge in [0.1, 0.15) is 15.7 Å². The van der Waals surface area contributed by atoms with Crippen LogP contribution < -0.4 is 10.6 Å². The Morgan fingerprint density at radius 1 is 1.19 bits per heavy atom. The lowest BCUT2D eigenvalue weighted by Crippen LogP contribution is -2.12. The SMILES string of the molecule is CCNc1nc(NC(CC)c2nccs2)c2ccsc2n1. The van der Waals surface area contributed by atoms with Gasteiger partial charge in [0.2, 0.25) is 5.95 Å². The van der Waals surface area contributed by atoms with E-state index < -0.39 is 0 Å². The molecule has 0 aliphatic rings. The summed E-state index contributed by atoms with van der Waals surface area (Å²) >= 11 is 3.30. The Balaban J connectivity index is 1.96. The van der Waals surface area contributed by atoms with Crippen molar-refractivity contribution < 1.29 is 0 Å². The number of fused-ring (bicyclic) bond motifs is 1. The van der Waals surface area contributed by atoms with Gasteiger partial charge < -0.3 is 10.6 Å². The summed E-state index contributed by atoms with van der Waals surface area (Å²) in [5, 5.41) is 12.9. The molecule has 0 amide bonds. The first-order valence-electron chi connectivity index (χ1n) is 6.96. The number of hydrogen-bond acceptors (Lipinski definition) is 7. The molecule has 110 valence electrons. The van der Waals surface area contributed by atoms with Crippen molar-refractivity contribution in [3.05, 3.63) is 28.0 Å². The molecular formula is C14H17N5S2. The molecule has 5 nitrogen and oxygen atoms in total. The van der Waals surface area contributed by atoms with Crippen LogP contribution in [0.4, 0.5) is 11.8 Å². The molecule has 0 aliphatic carbocycles. The Morgan fingerprint density at radius 3 is 2.81 bits per heavy atom. The van der Waals surface area contributed by atoms with Crippen LogP contribution in [-0.4, -0.2) is 21.5 Å². The molecule has 0 radical (unpaired) electrons. The zero-order chi connectivity index (χ0) is 14.7. The Kier molecular flexibility index (Phi) is 4.31. The Bertz CT molecular complexity index is 707. The number of rotatable bonds is 6. The monoisotopic (exact) mass is 319 g/mol. The third-order valence-corrected chi connectivity index (χ3v) is 4.82. The quantitative estimate of drug-likeness (QED) is 0.715. The van der Waals surface area contributed by atoms with E-state index in [0.717, 1.165) is 34.0 Å². The molecule has 0 saturated heterocycles. The van der Waals surface area contributed by atoms with Gasteiger partial charge in [0.05, 0.1) is 11.4 Å². The molecule has 3 aromatic rings. The highest BCUT2D eigenvalue weighted by Crippen LogP contribution is 2.30. The molecule has 2 N–H and O–H groups in total. The zero-order valence-electron chi connectivity index (χ0n) is 12.0. The fraction of sp³-hybridized carbons (Fsp3) is 0.357. The van der Waals surface area contributed by atoms with Crippen molar-refractivity contribution in [2.75, 3.05) is 17.2 Å². The summed E-state index contributed by atoms with van der Waals surface area (Å²) in [6.45, 7) is 5.00. The van der Waals surface area contributed by atoms with E-state index >= 15 is 0 Å². The average molecular weight is 319 g/mol. The Labute approximate surface area is 131 Å². The van der Waals surface area contributed by atoms with Gasteiger partial charge in [-0.15, -0.1) is 22.7 Å². The molecule has 0 fully saturated rings. The standard InChI is InChI=1S/C14H17N5S2/c1-3-10(13-16-6-8-21-13)17-11-9-5-7-20-12(9)19-14(18-11)15-4-2/h5-8,10H,3-4H2,1-2H3,(H2,15,17,18,19). The fourth-order valence-corrected chi connectivity index (χ4v) is 3.65. The molecule has 1 unspecified atom stereocenters. The van der Waals surface area contributed by atoms with E-state index in [-0.39, 0.29) is 6.04 Å². The van der Waals surface area contributed by atoms with Crippen molar-refractivity contribution in [3.63, 3.8) is 0 Å². The summed E-state index contributed by atoms with van der Waals surface area (Å²) in [6.07, 6.45) is 2.80. The van der Waals surface area contributed by atoms with Crippen molar-refractivity contribution in [1.82, 2.24) is 15.0 Å². The van der Waals surface area contributed by atoms with Gasteiger partial charge in [-0.25, -0.2) is 9.97 Å². The lowest BCUT2D eigenvalue weighted by Gasteiger charge is -2.16. The van der Waals surface area contributed by atoms with Crippen molar-refractivity contribution in [3.8, 4) is 0 Å². The maximum Gasteiger partial charge on any atom is 0.226 e. The van der Waals surface area contributed by atoms with Gasteiger partial charge in [0.15, 0.2) is 0 Å². The highest BCUT2D eigenvalue weighted by molar-refractivity contribution is 7.16. The minimum atomic E-state index is 0.178. The maximum atomic E-state index is 4.61. The van der Waals surface area contributed by atoms with Gasteiger partial charge in [0, 0.05) is 18.1 Å². The van der Waals surface area contributed by atoms with E-state index in [1.807, 2.05) is 23.9 Å². The minimum Gasteiger partial charge on any atom is -0.360 e. The Morgan fingerprint density at radius 2 is 2.10 bits per heavy atom. The van der Waals surface area contributed by atoms with Crippen LogP contribution in [0.1, 0.15) is 31.3 Å². The lowest BCUT2D eigenvalue weighted by molar-refractivity contribution is 0.738. The van der Waals surface area contributed by atoms with Crippen LogP contribution in [-0.2, 0) is 0 Å². The second kappa shape index (κ2) is 6.36. The first kappa shape index (κ1) is 14.2. The average Bonchev–Trinajstić information content (AvgIpc) is 3.15. The summed E-state index contributed by atoms with van der Waals surface area (Å²) in [7, 11) is 0. The van der Waals surface area contributed by atoms with Gasteiger partial charge in [-0.05, 0) is 24.8 Å². The smallest absolute Gasteiger partial charge is 0.226 e. The van der Waals surface area contributed by atoms with Crippen LogP contribution in [0, 0.1) is 0 Å². The topological polar surface area (TPSA) is 62.7 Å². The predicted molar refractivity (Wildman–Crippen MR) is 90.3 cm³/mol. The van der Waals surface area contributed by atoms with Gasteiger partial charge in [-0.3, -0.25) is 0 Å². The molecule has 3 rings (SSSR count). The highest BCUT2D eigenvalue weighted by atomic mass is 32.1. The number of nitrogens with one attached hydrogen (secondary N) is 2. The van der Waals surface area contributed by atoms with Crippen LogP contribution in [0.2, 0.25) is 0 Å². The lowest BCUT2D eigenvalue weighted by atomic mass is 10.2. The number of thiophene rings is 1. The maximum absolute atomic E-state index is 4.61. The molecule has 1 atom stereocenters. The Hall–Kier alpha value is -1.73. The summed E-state index contributed by atoms with van der Waals surface area (Å²) in [5.41, 5.74) is 0. The number of aromatic nitrogens is 3. The van der Waals surface area contributed by atoms with Gasteiger partial charge in [-0.2, -0.15) is 4.98 Å². The molecule has 3 aromatic heterocycles. The van der Waals surface area contributed by atoms with Gasteiger partial charge in [-0.1, -0.05) is 6.92 Å². The van der Waals surface area contributed by atoms with Crippen LogP contribution in [0.3, 0.4) is 0 Å². The van der Waals surface area contributed by atoms with Gasteiger partial charge >= 0.3 is 0 Å². The number of thiazole rings is 1. The minimum absolute atomic E-state index is 0.178. The summed E-state index contributed by atoms with van der Waals surface area (Å²) in [4.78, 5) is 14.5. The van der Waals surface area contributed by atoms with Crippen LogP contribution in [0.25, 0.3) is 10.2 Å². The number of anilines is 2. The van der Waals surface area contributed by atoms with E-state index in [1.165, 1.54) is 0 Å². The van der Waals surface area contributed by atoms with E-state index in [2.05, 4.69) is 38.6 Å². The van der Waals surface area contributed by atoms with Crippen molar-refractivity contribution in [2.24, 2.45) is 0 Å². The third-order valence-electron chi connectivity index (χ3n) is 3.13. The fourth-order valence-electron chi connectivity index (χ4n) is 2.11. The first-order chi connectivity index (χ1) is 10.3. The molecule has 3 heterocycles. The molecule has 21 heavy (non-hydrogen) atoms.